The first-order valence-corrected chi connectivity index (χ1v) is 8.23. The molecule has 124 valence electrons. The molecule has 0 saturated carbocycles. The van der Waals surface area contributed by atoms with Crippen molar-refractivity contribution in [2.75, 3.05) is 6.54 Å². The molecular formula is C14H20BrCl2N3OS. The number of fused-ring (bicyclic) bond motifs is 1. The minimum absolute atomic E-state index is 0. The molecule has 0 bridgehead atoms. The van der Waals surface area contributed by atoms with Crippen molar-refractivity contribution in [1.82, 2.24) is 10.3 Å². The fourth-order valence-electron chi connectivity index (χ4n) is 1.80. The van der Waals surface area contributed by atoms with Crippen LogP contribution in [0.3, 0.4) is 0 Å². The molecular weight excluding hydrogens is 409 g/mol. The van der Waals surface area contributed by atoms with E-state index < -0.39 is 0 Å². The second-order valence-corrected chi connectivity index (χ2v) is 6.87. The number of nitrogens with two attached hydrogens (primary N) is 1. The molecule has 1 amide bonds. The molecule has 2 rings (SSSR count). The minimum atomic E-state index is 0. The summed E-state index contributed by atoms with van der Waals surface area (Å²) in [6.45, 7) is 2.58. The van der Waals surface area contributed by atoms with Crippen LogP contribution in [-0.4, -0.2) is 23.5 Å². The maximum absolute atomic E-state index is 11.7. The Hall–Kier alpha value is -0.400. The molecule has 4 nitrogen and oxygen atoms in total. The van der Waals surface area contributed by atoms with Gasteiger partial charge in [0, 0.05) is 29.9 Å². The molecule has 0 saturated heterocycles. The molecule has 0 fully saturated rings. The first kappa shape index (κ1) is 21.6. The lowest BCUT2D eigenvalue weighted by molar-refractivity contribution is -0.121. The number of carbonyl (C=O) groups excluding carboxylic acids is 1. The first-order chi connectivity index (χ1) is 9.54. The highest BCUT2D eigenvalue weighted by Crippen LogP contribution is 2.25. The van der Waals surface area contributed by atoms with Crippen molar-refractivity contribution in [2.45, 2.75) is 32.2 Å². The van der Waals surface area contributed by atoms with Crippen LogP contribution in [0.25, 0.3) is 10.2 Å². The number of amides is 1. The normalized spacial score (nSPS) is 11.4. The predicted octanol–water partition coefficient (Wildman–Crippen LogP) is 3.69. The van der Waals surface area contributed by atoms with Crippen LogP contribution in [0.1, 0.15) is 24.8 Å². The van der Waals surface area contributed by atoms with Crippen LogP contribution in [0.4, 0.5) is 0 Å². The Kier molecular flexibility index (Phi) is 10.2. The maximum atomic E-state index is 11.7. The number of aromatic nitrogens is 1. The van der Waals surface area contributed by atoms with E-state index in [0.717, 1.165) is 26.1 Å². The number of rotatable bonds is 6. The summed E-state index contributed by atoms with van der Waals surface area (Å²) in [7, 11) is 0. The molecule has 1 aromatic heterocycles. The molecule has 0 radical (unpaired) electrons. The molecule has 3 N–H and O–H groups in total. The molecule has 0 spiro atoms. The number of nitrogens with one attached hydrogen (secondary N) is 1. The molecule has 8 heteroatoms. The van der Waals surface area contributed by atoms with Crippen LogP contribution in [0.2, 0.25) is 0 Å². The van der Waals surface area contributed by atoms with Gasteiger partial charge < -0.3 is 11.1 Å². The molecule has 1 unspecified atom stereocenters. The Bertz CT molecular complexity index is 607. The van der Waals surface area contributed by atoms with Gasteiger partial charge in [-0.2, -0.15) is 0 Å². The van der Waals surface area contributed by atoms with Gasteiger partial charge in [-0.15, -0.1) is 36.2 Å². The van der Waals surface area contributed by atoms with Crippen LogP contribution in [0.15, 0.2) is 22.7 Å². The molecule has 0 aliphatic carbocycles. The minimum Gasteiger partial charge on any atom is -0.356 e. The van der Waals surface area contributed by atoms with Crippen LogP contribution in [0, 0.1) is 0 Å². The number of hydrogen-bond acceptors (Lipinski definition) is 4. The van der Waals surface area contributed by atoms with Gasteiger partial charge in [-0.1, -0.05) is 15.9 Å². The topological polar surface area (TPSA) is 68.0 Å². The summed E-state index contributed by atoms with van der Waals surface area (Å²) < 4.78 is 2.18. The van der Waals surface area contributed by atoms with E-state index >= 15 is 0 Å². The highest BCUT2D eigenvalue weighted by atomic mass is 79.9. The Morgan fingerprint density at radius 2 is 2.18 bits per heavy atom. The molecule has 0 aliphatic rings. The van der Waals surface area contributed by atoms with Crippen LogP contribution in [0.5, 0.6) is 0 Å². The van der Waals surface area contributed by atoms with E-state index in [1.165, 1.54) is 0 Å². The standard InChI is InChI=1S/C14H18BrN3OS.2ClH/c1-9(16)6-7-17-13(19)4-5-14-18-11-8-10(15)2-3-12(11)20-14;;/h2-3,8-9H,4-7,16H2,1H3,(H,17,19);2*1H. The Morgan fingerprint density at radius 1 is 1.45 bits per heavy atom. The van der Waals surface area contributed by atoms with E-state index in [9.17, 15) is 4.79 Å². The van der Waals surface area contributed by atoms with Crippen molar-refractivity contribution in [2.24, 2.45) is 5.73 Å². The van der Waals surface area contributed by atoms with Gasteiger partial charge in [0.25, 0.3) is 0 Å². The molecule has 2 aromatic rings. The van der Waals surface area contributed by atoms with Crippen LogP contribution >= 0.6 is 52.1 Å². The average molecular weight is 429 g/mol. The second-order valence-electron chi connectivity index (χ2n) is 4.84. The van der Waals surface area contributed by atoms with E-state index in [1.807, 2.05) is 25.1 Å². The summed E-state index contributed by atoms with van der Waals surface area (Å²) in [5, 5.41) is 3.88. The summed E-state index contributed by atoms with van der Waals surface area (Å²) in [6, 6.07) is 6.17. The molecule has 1 heterocycles. The van der Waals surface area contributed by atoms with Gasteiger partial charge in [0.05, 0.1) is 15.2 Å². The Balaban J connectivity index is 0.00000220. The summed E-state index contributed by atoms with van der Waals surface area (Å²) in [4.78, 5) is 16.2. The van der Waals surface area contributed by atoms with E-state index in [0.29, 0.717) is 19.4 Å². The van der Waals surface area contributed by atoms with Crippen molar-refractivity contribution >= 4 is 68.2 Å². The third kappa shape index (κ3) is 6.79. The Morgan fingerprint density at radius 3 is 2.86 bits per heavy atom. The third-order valence-corrected chi connectivity index (χ3v) is 4.47. The highest BCUT2D eigenvalue weighted by molar-refractivity contribution is 9.10. The van der Waals surface area contributed by atoms with Crippen molar-refractivity contribution < 1.29 is 4.79 Å². The monoisotopic (exact) mass is 427 g/mol. The quantitative estimate of drug-likeness (QED) is 0.737. The smallest absolute Gasteiger partial charge is 0.220 e. The summed E-state index contributed by atoms with van der Waals surface area (Å²) in [5.41, 5.74) is 6.62. The van der Waals surface area contributed by atoms with E-state index in [-0.39, 0.29) is 36.8 Å². The number of halogens is 3. The first-order valence-electron chi connectivity index (χ1n) is 6.62. The summed E-state index contributed by atoms with van der Waals surface area (Å²) in [6.07, 6.45) is 1.96. The van der Waals surface area contributed by atoms with Gasteiger partial charge in [-0.05, 0) is 31.5 Å². The van der Waals surface area contributed by atoms with Gasteiger partial charge in [-0.25, -0.2) is 4.98 Å². The van der Waals surface area contributed by atoms with Crippen molar-refractivity contribution in [3.63, 3.8) is 0 Å². The SMILES string of the molecule is CC(N)CCNC(=O)CCc1nc2cc(Br)ccc2s1.Cl.Cl. The van der Waals surface area contributed by atoms with Gasteiger partial charge in [0.1, 0.15) is 0 Å². The fraction of sp³-hybridized carbons (Fsp3) is 0.429. The van der Waals surface area contributed by atoms with Crippen molar-refractivity contribution in [1.29, 1.82) is 0 Å². The Labute approximate surface area is 155 Å². The molecule has 22 heavy (non-hydrogen) atoms. The lowest BCUT2D eigenvalue weighted by atomic mass is 10.2. The zero-order valence-corrected chi connectivity index (χ0v) is 16.2. The lowest BCUT2D eigenvalue weighted by Crippen LogP contribution is -2.29. The van der Waals surface area contributed by atoms with Gasteiger partial charge in [0.15, 0.2) is 0 Å². The van der Waals surface area contributed by atoms with E-state index in [2.05, 4.69) is 26.2 Å². The molecule has 1 atom stereocenters. The zero-order chi connectivity index (χ0) is 14.5. The van der Waals surface area contributed by atoms with Gasteiger partial charge in [-0.3, -0.25) is 4.79 Å². The molecule has 0 aliphatic heterocycles. The number of nitrogens with zero attached hydrogens (tertiary/aromatic N) is 1. The van der Waals surface area contributed by atoms with Crippen molar-refractivity contribution in [3.8, 4) is 0 Å². The predicted molar refractivity (Wildman–Crippen MR) is 101 cm³/mol. The number of hydrogen-bond donors (Lipinski definition) is 2. The zero-order valence-electron chi connectivity index (χ0n) is 12.2. The van der Waals surface area contributed by atoms with Gasteiger partial charge >= 0.3 is 0 Å². The fourth-order valence-corrected chi connectivity index (χ4v) is 3.10. The van der Waals surface area contributed by atoms with Gasteiger partial charge in [0.2, 0.25) is 5.91 Å². The number of aryl methyl sites for hydroxylation is 1. The highest BCUT2D eigenvalue weighted by Gasteiger charge is 2.07. The number of benzene rings is 1. The van der Waals surface area contributed by atoms with Crippen LogP contribution in [-0.2, 0) is 11.2 Å². The van der Waals surface area contributed by atoms with E-state index in [1.54, 1.807) is 11.3 Å². The maximum Gasteiger partial charge on any atom is 0.220 e. The summed E-state index contributed by atoms with van der Waals surface area (Å²) in [5.74, 6) is 0.0612. The number of carbonyl (C=O) groups is 1. The largest absolute Gasteiger partial charge is 0.356 e. The number of thiazole rings is 1. The second kappa shape index (κ2) is 10.4. The molecule has 1 aromatic carbocycles. The van der Waals surface area contributed by atoms with Crippen LogP contribution < -0.4 is 11.1 Å². The summed E-state index contributed by atoms with van der Waals surface area (Å²) >= 11 is 5.08. The van der Waals surface area contributed by atoms with Crippen molar-refractivity contribution in [3.05, 3.63) is 27.7 Å². The average Bonchev–Trinajstić information content (AvgIpc) is 2.77. The third-order valence-electron chi connectivity index (χ3n) is 2.88. The lowest BCUT2D eigenvalue weighted by Gasteiger charge is -2.06. The van der Waals surface area contributed by atoms with E-state index in [4.69, 9.17) is 5.73 Å².